The smallest absolute Gasteiger partial charge is 0.341 e. The molecule has 1 aromatic heterocycles. The quantitative estimate of drug-likeness (QED) is 0.184. The molecule has 0 saturated heterocycles. The number of carbonyl (C=O) groups excluding carboxylic acids is 2. The first-order valence-corrected chi connectivity index (χ1v) is 12.5. The summed E-state index contributed by atoms with van der Waals surface area (Å²) in [5, 5.41) is 5.20. The van der Waals surface area contributed by atoms with E-state index in [-0.39, 0.29) is 12.5 Å². The van der Waals surface area contributed by atoms with Crippen molar-refractivity contribution >= 4 is 34.3 Å². The highest BCUT2D eigenvalue weighted by Crippen LogP contribution is 2.36. The molecule has 178 valence electrons. The molecule has 0 bridgehead atoms. The Bertz CT molecular complexity index is 1130. The number of ether oxygens (including phenoxy) is 2. The molecule has 34 heavy (non-hydrogen) atoms. The lowest BCUT2D eigenvalue weighted by Gasteiger charge is -2.09. The summed E-state index contributed by atoms with van der Waals surface area (Å²) in [4.78, 5) is 25.5. The number of aryl methyl sites for hydroxylation is 1. The standard InChI is InChI=1S/C28H31NO4S/c1-4-7-18-33-24-11-9-8-10-22(24)16-17-25(30)29-27-26(28(31)32-6-3)23(19-34-27)21-14-12-20(5-2)13-15-21/h8-17,19H,4-7,18H2,1-3H3,(H,29,30)/b17-16+. The van der Waals surface area contributed by atoms with Gasteiger partial charge in [0.25, 0.3) is 0 Å². The molecule has 1 heterocycles. The van der Waals surface area contributed by atoms with Gasteiger partial charge in [0.2, 0.25) is 5.91 Å². The van der Waals surface area contributed by atoms with Gasteiger partial charge >= 0.3 is 5.97 Å². The van der Waals surface area contributed by atoms with Crippen molar-refractivity contribution in [3.63, 3.8) is 0 Å². The maximum Gasteiger partial charge on any atom is 0.341 e. The van der Waals surface area contributed by atoms with Crippen molar-refractivity contribution in [1.82, 2.24) is 0 Å². The van der Waals surface area contributed by atoms with Crippen molar-refractivity contribution in [3.05, 3.63) is 76.7 Å². The van der Waals surface area contributed by atoms with Crippen LogP contribution in [-0.4, -0.2) is 25.1 Å². The van der Waals surface area contributed by atoms with E-state index in [0.29, 0.717) is 17.2 Å². The molecule has 0 saturated carbocycles. The van der Waals surface area contributed by atoms with Crippen molar-refractivity contribution in [1.29, 1.82) is 0 Å². The molecule has 0 unspecified atom stereocenters. The van der Waals surface area contributed by atoms with Crippen LogP contribution in [0.5, 0.6) is 5.75 Å². The largest absolute Gasteiger partial charge is 0.493 e. The average Bonchev–Trinajstić information content (AvgIpc) is 3.27. The minimum Gasteiger partial charge on any atom is -0.493 e. The summed E-state index contributed by atoms with van der Waals surface area (Å²) in [7, 11) is 0. The number of esters is 1. The number of carbonyl (C=O) groups is 2. The lowest BCUT2D eigenvalue weighted by Crippen LogP contribution is -2.12. The molecule has 0 fully saturated rings. The minimum absolute atomic E-state index is 0.255. The highest BCUT2D eigenvalue weighted by molar-refractivity contribution is 7.15. The number of para-hydroxylation sites is 1. The second kappa shape index (κ2) is 12.8. The van der Waals surface area contributed by atoms with Crippen LogP contribution in [0.15, 0.2) is 60.0 Å². The number of unbranched alkanes of at least 4 members (excludes halogenated alkanes) is 1. The Morgan fingerprint density at radius 1 is 1.03 bits per heavy atom. The molecule has 0 aliphatic rings. The van der Waals surface area contributed by atoms with Crippen molar-refractivity contribution < 1.29 is 19.1 Å². The number of anilines is 1. The Balaban J connectivity index is 1.81. The molecule has 1 amide bonds. The third-order valence-electron chi connectivity index (χ3n) is 5.27. The normalized spacial score (nSPS) is 10.9. The first-order chi connectivity index (χ1) is 16.6. The van der Waals surface area contributed by atoms with Crippen LogP contribution in [0.4, 0.5) is 5.00 Å². The van der Waals surface area contributed by atoms with E-state index in [2.05, 4.69) is 19.2 Å². The zero-order chi connectivity index (χ0) is 24.3. The molecular weight excluding hydrogens is 446 g/mol. The van der Waals surface area contributed by atoms with Crippen LogP contribution in [-0.2, 0) is 16.0 Å². The maximum absolute atomic E-state index is 12.8. The summed E-state index contributed by atoms with van der Waals surface area (Å²) >= 11 is 1.31. The predicted molar refractivity (Wildman–Crippen MR) is 140 cm³/mol. The fraction of sp³-hybridized carbons (Fsp3) is 0.286. The van der Waals surface area contributed by atoms with Gasteiger partial charge in [-0.15, -0.1) is 11.3 Å². The predicted octanol–water partition coefficient (Wildman–Crippen LogP) is 6.99. The Hall–Kier alpha value is -3.38. The molecule has 3 rings (SSSR count). The SMILES string of the molecule is CCCCOc1ccccc1/C=C/C(=O)Nc1scc(-c2ccc(CC)cc2)c1C(=O)OCC. The summed E-state index contributed by atoms with van der Waals surface area (Å²) in [6, 6.07) is 15.7. The van der Waals surface area contributed by atoms with E-state index < -0.39 is 5.97 Å². The molecule has 1 N–H and O–H groups in total. The summed E-state index contributed by atoms with van der Waals surface area (Å²) in [6.45, 7) is 6.86. The second-order valence-corrected chi connectivity index (χ2v) is 8.57. The van der Waals surface area contributed by atoms with Crippen LogP contribution in [0.25, 0.3) is 17.2 Å². The summed E-state index contributed by atoms with van der Waals surface area (Å²) < 4.78 is 11.1. The van der Waals surface area contributed by atoms with E-state index in [1.54, 1.807) is 13.0 Å². The zero-order valence-corrected chi connectivity index (χ0v) is 20.7. The highest BCUT2D eigenvalue weighted by atomic mass is 32.1. The molecular formula is C28H31NO4S. The lowest BCUT2D eigenvalue weighted by atomic mass is 10.0. The summed E-state index contributed by atoms with van der Waals surface area (Å²) in [5.74, 6) is -0.0444. The van der Waals surface area contributed by atoms with Gasteiger partial charge in [-0.05, 0) is 43.0 Å². The molecule has 5 nitrogen and oxygen atoms in total. The number of benzene rings is 2. The topological polar surface area (TPSA) is 64.6 Å². The number of hydrogen-bond acceptors (Lipinski definition) is 5. The van der Waals surface area contributed by atoms with E-state index in [1.165, 1.54) is 23.0 Å². The number of hydrogen-bond donors (Lipinski definition) is 1. The van der Waals surface area contributed by atoms with Gasteiger partial charge in [-0.2, -0.15) is 0 Å². The Morgan fingerprint density at radius 2 is 1.79 bits per heavy atom. The monoisotopic (exact) mass is 477 g/mol. The molecule has 2 aromatic carbocycles. The average molecular weight is 478 g/mol. The fourth-order valence-electron chi connectivity index (χ4n) is 3.38. The Morgan fingerprint density at radius 3 is 2.50 bits per heavy atom. The van der Waals surface area contributed by atoms with Gasteiger partial charge in [0.15, 0.2) is 0 Å². The third-order valence-corrected chi connectivity index (χ3v) is 6.16. The summed E-state index contributed by atoms with van der Waals surface area (Å²) in [6.07, 6.45) is 6.13. The maximum atomic E-state index is 12.8. The van der Waals surface area contributed by atoms with Gasteiger partial charge in [-0.25, -0.2) is 4.79 Å². The molecule has 0 spiro atoms. The Labute approximate surface area is 205 Å². The number of amides is 1. The van der Waals surface area contributed by atoms with Crippen LogP contribution in [0.1, 0.15) is 55.1 Å². The van der Waals surface area contributed by atoms with Crippen LogP contribution >= 0.6 is 11.3 Å². The number of thiophene rings is 1. The van der Waals surface area contributed by atoms with Gasteiger partial charge in [0, 0.05) is 22.6 Å². The van der Waals surface area contributed by atoms with E-state index in [0.717, 1.165) is 41.7 Å². The van der Waals surface area contributed by atoms with E-state index in [9.17, 15) is 9.59 Å². The van der Waals surface area contributed by atoms with Gasteiger partial charge < -0.3 is 14.8 Å². The molecule has 0 aliphatic carbocycles. The first kappa shape index (κ1) is 25.2. The second-order valence-electron chi connectivity index (χ2n) is 7.69. The van der Waals surface area contributed by atoms with Crippen molar-refractivity contribution in [3.8, 4) is 16.9 Å². The van der Waals surface area contributed by atoms with Gasteiger partial charge in [-0.3, -0.25) is 4.79 Å². The van der Waals surface area contributed by atoms with E-state index in [1.807, 2.05) is 53.9 Å². The molecule has 0 aliphatic heterocycles. The van der Waals surface area contributed by atoms with Gasteiger partial charge in [0.1, 0.15) is 16.3 Å². The fourth-order valence-corrected chi connectivity index (χ4v) is 4.34. The van der Waals surface area contributed by atoms with Gasteiger partial charge in [-0.1, -0.05) is 62.7 Å². The molecule has 0 atom stereocenters. The van der Waals surface area contributed by atoms with Crippen LogP contribution in [0.2, 0.25) is 0 Å². The van der Waals surface area contributed by atoms with E-state index in [4.69, 9.17) is 9.47 Å². The van der Waals surface area contributed by atoms with Crippen LogP contribution in [0, 0.1) is 0 Å². The minimum atomic E-state index is -0.452. The zero-order valence-electron chi connectivity index (χ0n) is 19.9. The van der Waals surface area contributed by atoms with Crippen LogP contribution in [0.3, 0.4) is 0 Å². The van der Waals surface area contributed by atoms with Crippen molar-refractivity contribution in [2.45, 2.75) is 40.0 Å². The molecule has 6 heteroatoms. The molecule has 0 radical (unpaired) electrons. The third kappa shape index (κ3) is 6.58. The first-order valence-electron chi connectivity index (χ1n) is 11.7. The van der Waals surface area contributed by atoms with Gasteiger partial charge in [0.05, 0.1) is 13.2 Å². The van der Waals surface area contributed by atoms with E-state index >= 15 is 0 Å². The molecule has 3 aromatic rings. The Kier molecular flexibility index (Phi) is 9.47. The van der Waals surface area contributed by atoms with Crippen molar-refractivity contribution in [2.75, 3.05) is 18.5 Å². The van der Waals surface area contributed by atoms with Crippen molar-refractivity contribution in [2.24, 2.45) is 0 Å². The lowest BCUT2D eigenvalue weighted by molar-refractivity contribution is -0.111. The number of rotatable bonds is 11. The highest BCUT2D eigenvalue weighted by Gasteiger charge is 2.22. The number of nitrogens with one attached hydrogen (secondary N) is 1. The van der Waals surface area contributed by atoms with Crippen LogP contribution < -0.4 is 10.1 Å². The summed E-state index contributed by atoms with van der Waals surface area (Å²) in [5.41, 5.74) is 4.07.